The van der Waals surface area contributed by atoms with Crippen LogP contribution in [0, 0.1) is 11.3 Å². The van der Waals surface area contributed by atoms with Gasteiger partial charge in [0.1, 0.15) is 17.6 Å². The lowest BCUT2D eigenvalue weighted by atomic mass is 10.1. The van der Waals surface area contributed by atoms with E-state index < -0.39 is 0 Å². The molecular formula is C20H20ClFN4O2. The predicted octanol–water partition coefficient (Wildman–Crippen LogP) is 4.74. The van der Waals surface area contributed by atoms with Gasteiger partial charge in [-0.15, -0.1) is 0 Å². The topological polar surface area (TPSA) is 69.0 Å². The fourth-order valence-electron chi connectivity index (χ4n) is 3.07. The third-order valence-electron chi connectivity index (χ3n) is 4.50. The molecule has 1 N–H and O–H groups in total. The van der Waals surface area contributed by atoms with Gasteiger partial charge in [0.25, 0.3) is 5.91 Å². The number of carbonyl (C=O) groups is 1. The maximum absolute atomic E-state index is 13.2. The maximum atomic E-state index is 13.2. The Bertz CT molecular complexity index is 888. The van der Waals surface area contributed by atoms with Crippen molar-refractivity contribution in [2.24, 2.45) is 5.22 Å². The van der Waals surface area contributed by atoms with Crippen molar-refractivity contribution in [3.05, 3.63) is 76.7 Å². The van der Waals surface area contributed by atoms with Crippen LogP contribution in [0.15, 0.2) is 65.5 Å². The highest BCUT2D eigenvalue weighted by atomic mass is 35.5. The number of allylic oxidation sites excluding steroid dienone is 1. The average molecular weight is 403 g/mol. The molecule has 6 nitrogen and oxygen atoms in total. The number of halogens is 2. The summed E-state index contributed by atoms with van der Waals surface area (Å²) in [5.41, 5.74) is 9.02. The summed E-state index contributed by atoms with van der Waals surface area (Å²) in [7, 11) is 0. The third-order valence-corrected chi connectivity index (χ3v) is 4.82. The molecule has 1 saturated heterocycles. The molecule has 28 heavy (non-hydrogen) atoms. The van der Waals surface area contributed by atoms with Gasteiger partial charge in [-0.2, -0.15) is 5.53 Å². The zero-order valence-electron chi connectivity index (χ0n) is 15.3. The van der Waals surface area contributed by atoms with E-state index in [1.807, 2.05) is 0 Å². The Morgan fingerprint density at radius 3 is 2.68 bits per heavy atom. The molecule has 146 valence electrons. The van der Waals surface area contributed by atoms with Crippen molar-refractivity contribution in [3.63, 3.8) is 0 Å². The number of nitrogens with one attached hydrogen (secondary N) is 1. The average Bonchev–Trinajstić information content (AvgIpc) is 2.73. The molecule has 1 fully saturated rings. The highest BCUT2D eigenvalue weighted by Crippen LogP contribution is 2.30. The first kappa shape index (κ1) is 20.0. The fourth-order valence-corrected chi connectivity index (χ4v) is 3.29. The van der Waals surface area contributed by atoms with Crippen LogP contribution in [-0.4, -0.2) is 30.5 Å². The van der Waals surface area contributed by atoms with Crippen molar-refractivity contribution in [2.45, 2.75) is 13.0 Å². The van der Waals surface area contributed by atoms with E-state index in [1.165, 1.54) is 17.1 Å². The molecule has 1 amide bonds. The number of benzene rings is 2. The van der Waals surface area contributed by atoms with E-state index in [0.717, 1.165) is 5.56 Å². The molecule has 1 aliphatic heterocycles. The molecule has 0 aromatic heterocycles. The molecule has 3 rings (SSSR count). The summed E-state index contributed by atoms with van der Waals surface area (Å²) < 4.78 is 18.9. The van der Waals surface area contributed by atoms with E-state index in [1.54, 1.807) is 54.3 Å². The quantitative estimate of drug-likeness (QED) is 0.446. The van der Waals surface area contributed by atoms with Crippen LogP contribution < -0.4 is 5.01 Å². The van der Waals surface area contributed by atoms with Crippen molar-refractivity contribution in [1.29, 1.82) is 5.53 Å². The minimum absolute atomic E-state index is 0.225. The molecule has 0 aliphatic carbocycles. The summed E-state index contributed by atoms with van der Waals surface area (Å²) in [6.45, 7) is 2.79. The lowest BCUT2D eigenvalue weighted by Gasteiger charge is -2.34. The van der Waals surface area contributed by atoms with E-state index in [4.69, 9.17) is 21.9 Å². The van der Waals surface area contributed by atoms with Crippen LogP contribution in [-0.2, 0) is 9.53 Å². The number of rotatable bonds is 5. The highest BCUT2D eigenvalue weighted by Gasteiger charge is 2.30. The van der Waals surface area contributed by atoms with Crippen LogP contribution >= 0.6 is 11.6 Å². The normalized spacial score (nSPS) is 17.3. The first-order valence-electron chi connectivity index (χ1n) is 8.80. The minimum atomic E-state index is -0.349. The SMILES string of the molecule is C/C=C(/C(=O)N1CCOC(c2ccc(F)cc2)C1)N(N=N)c1ccccc1Cl. The van der Waals surface area contributed by atoms with Gasteiger partial charge in [0.2, 0.25) is 0 Å². The van der Waals surface area contributed by atoms with Crippen LogP contribution in [0.1, 0.15) is 18.6 Å². The zero-order valence-corrected chi connectivity index (χ0v) is 16.1. The number of ether oxygens (including phenoxy) is 1. The molecular weight excluding hydrogens is 383 g/mol. The molecule has 2 aromatic rings. The fraction of sp³-hybridized carbons (Fsp3) is 0.250. The first-order valence-corrected chi connectivity index (χ1v) is 9.17. The lowest BCUT2D eigenvalue weighted by Crippen LogP contribution is -2.45. The van der Waals surface area contributed by atoms with Crippen molar-refractivity contribution >= 4 is 23.2 Å². The molecule has 1 aliphatic rings. The van der Waals surface area contributed by atoms with Crippen molar-refractivity contribution in [1.82, 2.24) is 4.90 Å². The van der Waals surface area contributed by atoms with Gasteiger partial charge in [-0.3, -0.25) is 4.79 Å². The van der Waals surface area contributed by atoms with E-state index >= 15 is 0 Å². The molecule has 0 saturated carbocycles. The van der Waals surface area contributed by atoms with Crippen molar-refractivity contribution in [3.8, 4) is 0 Å². The predicted molar refractivity (Wildman–Crippen MR) is 105 cm³/mol. The van der Waals surface area contributed by atoms with E-state index in [9.17, 15) is 9.18 Å². The number of morpholine rings is 1. The van der Waals surface area contributed by atoms with Gasteiger partial charge < -0.3 is 9.64 Å². The van der Waals surface area contributed by atoms with Gasteiger partial charge in [-0.1, -0.05) is 47.2 Å². The Morgan fingerprint density at radius 2 is 2.04 bits per heavy atom. The summed E-state index contributed by atoms with van der Waals surface area (Å²) in [5.74, 6) is -0.607. The number of anilines is 1. The molecule has 1 unspecified atom stereocenters. The highest BCUT2D eigenvalue weighted by molar-refractivity contribution is 6.33. The molecule has 2 aromatic carbocycles. The Morgan fingerprint density at radius 1 is 1.32 bits per heavy atom. The molecule has 8 heteroatoms. The lowest BCUT2D eigenvalue weighted by molar-refractivity contribution is -0.135. The number of amides is 1. The second-order valence-corrected chi connectivity index (χ2v) is 6.61. The monoisotopic (exact) mass is 402 g/mol. The molecule has 0 radical (unpaired) electrons. The smallest absolute Gasteiger partial charge is 0.272 e. The Balaban J connectivity index is 1.81. The summed E-state index contributed by atoms with van der Waals surface area (Å²) in [4.78, 5) is 14.8. The van der Waals surface area contributed by atoms with Crippen molar-refractivity contribution < 1.29 is 13.9 Å². The van der Waals surface area contributed by atoms with Gasteiger partial charge in [-0.25, -0.2) is 9.40 Å². The summed E-state index contributed by atoms with van der Waals surface area (Å²) in [6.07, 6.45) is 1.25. The van der Waals surface area contributed by atoms with Crippen molar-refractivity contribution in [2.75, 3.05) is 24.7 Å². The zero-order chi connectivity index (χ0) is 20.1. The summed E-state index contributed by atoms with van der Waals surface area (Å²) >= 11 is 6.22. The number of nitrogens with zero attached hydrogens (tertiary/aromatic N) is 3. The largest absolute Gasteiger partial charge is 0.370 e. The number of hydrogen-bond donors (Lipinski definition) is 1. The molecule has 1 heterocycles. The van der Waals surface area contributed by atoms with Crippen LogP contribution in [0.3, 0.4) is 0 Å². The van der Waals surface area contributed by atoms with E-state index in [-0.39, 0.29) is 23.5 Å². The van der Waals surface area contributed by atoms with Crippen LogP contribution in [0.25, 0.3) is 0 Å². The summed E-state index contributed by atoms with van der Waals surface area (Å²) in [5, 5.41) is 5.10. The summed E-state index contributed by atoms with van der Waals surface area (Å²) in [6, 6.07) is 12.9. The third kappa shape index (κ3) is 4.21. The number of para-hydroxylation sites is 1. The number of carbonyl (C=O) groups excluding carboxylic acids is 1. The second-order valence-electron chi connectivity index (χ2n) is 6.20. The van der Waals surface area contributed by atoms with Gasteiger partial charge in [0.05, 0.1) is 23.9 Å². The molecule has 0 bridgehead atoms. The van der Waals surface area contributed by atoms with Gasteiger partial charge >= 0.3 is 0 Å². The van der Waals surface area contributed by atoms with Gasteiger partial charge in [0, 0.05) is 6.54 Å². The maximum Gasteiger partial charge on any atom is 0.272 e. The number of hydrogen-bond acceptors (Lipinski definition) is 4. The molecule has 0 spiro atoms. The standard InChI is InChI=1S/C20H20ClFN4O2/c1-2-17(26(24-23)18-6-4-3-5-16(18)21)20(27)25-11-12-28-19(13-25)14-7-9-15(22)10-8-14/h2-10,19,23H,11-13H2,1H3/b17-2-,24-23?. The van der Waals surface area contributed by atoms with Crippen LogP contribution in [0.2, 0.25) is 5.02 Å². The first-order chi connectivity index (χ1) is 13.5. The van der Waals surface area contributed by atoms with E-state index in [0.29, 0.717) is 30.4 Å². The molecule has 1 atom stereocenters. The van der Waals surface area contributed by atoms with Crippen LogP contribution in [0.4, 0.5) is 10.1 Å². The second kappa shape index (κ2) is 8.95. The Labute approximate surface area is 167 Å². The van der Waals surface area contributed by atoms with Gasteiger partial charge in [-0.05, 0) is 36.8 Å². The van der Waals surface area contributed by atoms with Gasteiger partial charge in [0.15, 0.2) is 0 Å². The Kier molecular flexibility index (Phi) is 6.38. The van der Waals surface area contributed by atoms with Crippen LogP contribution in [0.5, 0.6) is 0 Å². The van der Waals surface area contributed by atoms with E-state index in [2.05, 4.69) is 5.22 Å². The Hall–Kier alpha value is -2.77. The minimum Gasteiger partial charge on any atom is -0.370 e.